The van der Waals surface area contributed by atoms with Crippen LogP contribution in [0.3, 0.4) is 0 Å². The molecule has 0 radical (unpaired) electrons. The van der Waals surface area contributed by atoms with Crippen LogP contribution < -0.4 is 10.7 Å². The number of hydrazone groups is 1. The van der Waals surface area contributed by atoms with Gasteiger partial charge in [-0.05, 0) is 25.0 Å². The van der Waals surface area contributed by atoms with Gasteiger partial charge < -0.3 is 5.73 Å². The van der Waals surface area contributed by atoms with Crippen molar-refractivity contribution >= 4 is 29.0 Å². The van der Waals surface area contributed by atoms with E-state index in [1.165, 1.54) is 12.8 Å². The Kier molecular flexibility index (Phi) is 4.81. The fourth-order valence-corrected chi connectivity index (χ4v) is 1.84. The molecule has 2 aromatic rings. The van der Waals surface area contributed by atoms with Crippen molar-refractivity contribution in [2.45, 2.75) is 32.6 Å². The summed E-state index contributed by atoms with van der Waals surface area (Å²) >= 11 is 0. The van der Waals surface area contributed by atoms with E-state index in [0.29, 0.717) is 17.4 Å². The molecule has 0 unspecified atom stereocenters. The van der Waals surface area contributed by atoms with Gasteiger partial charge >= 0.3 is 0 Å². The number of anilines is 2. The summed E-state index contributed by atoms with van der Waals surface area (Å²) in [6, 6.07) is 3.67. The molecule has 106 valence electrons. The van der Waals surface area contributed by atoms with Crippen LogP contribution >= 0.6 is 0 Å². The number of rotatable bonds is 6. The van der Waals surface area contributed by atoms with Gasteiger partial charge in [0.15, 0.2) is 5.65 Å². The monoisotopic (exact) mass is 272 g/mol. The zero-order chi connectivity index (χ0) is 14.4. The molecular weight excluding hydrogens is 252 g/mol. The SMILES string of the molecule is CCCCCC=NN(C)c1nc(N)c2cccnc2n1. The molecule has 20 heavy (non-hydrogen) atoms. The van der Waals surface area contributed by atoms with Crippen LogP contribution in [0.5, 0.6) is 0 Å². The standard InChI is InChI=1S/C14H20N6/c1-3-4-5-6-10-17-20(2)14-18-12(15)11-8-7-9-16-13(11)19-14/h7-10H,3-6H2,1-2H3,(H2,15,16,18,19). The van der Waals surface area contributed by atoms with Gasteiger partial charge in [-0.1, -0.05) is 19.8 Å². The van der Waals surface area contributed by atoms with Crippen LogP contribution in [0, 0.1) is 0 Å². The molecule has 2 heterocycles. The van der Waals surface area contributed by atoms with Crippen molar-refractivity contribution in [3.63, 3.8) is 0 Å². The van der Waals surface area contributed by atoms with Crippen molar-refractivity contribution in [1.82, 2.24) is 15.0 Å². The summed E-state index contributed by atoms with van der Waals surface area (Å²) in [5, 5.41) is 6.70. The van der Waals surface area contributed by atoms with E-state index in [2.05, 4.69) is 27.0 Å². The topological polar surface area (TPSA) is 80.3 Å². The Labute approximate surface area is 118 Å². The van der Waals surface area contributed by atoms with Crippen molar-refractivity contribution in [3.05, 3.63) is 18.3 Å². The molecule has 0 spiro atoms. The first-order valence-electron chi connectivity index (χ1n) is 6.86. The molecule has 6 heteroatoms. The summed E-state index contributed by atoms with van der Waals surface area (Å²) in [5.74, 6) is 0.881. The van der Waals surface area contributed by atoms with Crippen LogP contribution in [0.1, 0.15) is 32.6 Å². The number of hydrogen-bond acceptors (Lipinski definition) is 6. The van der Waals surface area contributed by atoms with Gasteiger partial charge in [-0.25, -0.2) is 9.99 Å². The predicted octanol–water partition coefficient (Wildman–Crippen LogP) is 2.61. The molecule has 0 bridgehead atoms. The molecule has 2 aromatic heterocycles. The molecule has 2 N–H and O–H groups in total. The summed E-state index contributed by atoms with van der Waals surface area (Å²) in [5.41, 5.74) is 6.51. The highest BCUT2D eigenvalue weighted by Gasteiger charge is 2.08. The van der Waals surface area contributed by atoms with Crippen LogP contribution in [-0.2, 0) is 0 Å². The van der Waals surface area contributed by atoms with E-state index in [1.807, 2.05) is 18.3 Å². The molecule has 6 nitrogen and oxygen atoms in total. The number of nitrogens with two attached hydrogens (primary N) is 1. The maximum absolute atomic E-state index is 5.92. The number of pyridine rings is 1. The number of hydrogen-bond donors (Lipinski definition) is 1. The lowest BCUT2D eigenvalue weighted by Gasteiger charge is -2.11. The number of aromatic nitrogens is 3. The fourth-order valence-electron chi connectivity index (χ4n) is 1.84. The van der Waals surface area contributed by atoms with Crippen molar-refractivity contribution in [1.29, 1.82) is 0 Å². The van der Waals surface area contributed by atoms with Gasteiger partial charge in [0.1, 0.15) is 5.82 Å². The maximum Gasteiger partial charge on any atom is 0.249 e. The Morgan fingerprint density at radius 2 is 2.20 bits per heavy atom. The molecule has 0 aliphatic rings. The molecule has 2 rings (SSSR count). The summed E-state index contributed by atoms with van der Waals surface area (Å²) < 4.78 is 0. The van der Waals surface area contributed by atoms with Gasteiger partial charge in [0.25, 0.3) is 0 Å². The van der Waals surface area contributed by atoms with Crippen molar-refractivity contribution in [3.8, 4) is 0 Å². The molecule has 0 aliphatic heterocycles. The molecular formula is C14H20N6. The van der Waals surface area contributed by atoms with Crippen LogP contribution in [0.25, 0.3) is 11.0 Å². The zero-order valence-electron chi connectivity index (χ0n) is 12.0. The molecule has 0 atom stereocenters. The quantitative estimate of drug-likeness (QED) is 0.496. The first-order chi connectivity index (χ1) is 9.72. The van der Waals surface area contributed by atoms with Crippen molar-refractivity contribution in [2.24, 2.45) is 5.10 Å². The minimum Gasteiger partial charge on any atom is -0.383 e. The summed E-state index contributed by atoms with van der Waals surface area (Å²) in [6.45, 7) is 2.18. The summed E-state index contributed by atoms with van der Waals surface area (Å²) in [4.78, 5) is 12.8. The Morgan fingerprint density at radius 1 is 1.35 bits per heavy atom. The number of nitrogens with zero attached hydrogens (tertiary/aromatic N) is 5. The lowest BCUT2D eigenvalue weighted by Crippen LogP contribution is -2.14. The largest absolute Gasteiger partial charge is 0.383 e. The Balaban J connectivity index is 2.12. The van der Waals surface area contributed by atoms with E-state index in [4.69, 9.17) is 5.73 Å². The second-order valence-electron chi connectivity index (χ2n) is 4.60. The van der Waals surface area contributed by atoms with E-state index < -0.39 is 0 Å². The van der Waals surface area contributed by atoms with E-state index in [1.54, 1.807) is 18.3 Å². The first kappa shape index (κ1) is 14.2. The average Bonchev–Trinajstić information content (AvgIpc) is 2.47. The predicted molar refractivity (Wildman–Crippen MR) is 82.8 cm³/mol. The summed E-state index contributed by atoms with van der Waals surface area (Å²) in [6.07, 6.45) is 8.11. The third-order valence-corrected chi connectivity index (χ3v) is 2.97. The highest BCUT2D eigenvalue weighted by molar-refractivity contribution is 5.86. The average molecular weight is 272 g/mol. The smallest absolute Gasteiger partial charge is 0.249 e. The van der Waals surface area contributed by atoms with Crippen molar-refractivity contribution < 1.29 is 0 Å². The van der Waals surface area contributed by atoms with Gasteiger partial charge in [0.2, 0.25) is 5.95 Å². The lowest BCUT2D eigenvalue weighted by molar-refractivity contribution is 0.744. The van der Waals surface area contributed by atoms with Gasteiger partial charge in [0, 0.05) is 19.5 Å². The van der Waals surface area contributed by atoms with E-state index in [9.17, 15) is 0 Å². The number of nitrogen functional groups attached to an aromatic ring is 1. The second-order valence-corrected chi connectivity index (χ2v) is 4.60. The third kappa shape index (κ3) is 3.40. The van der Waals surface area contributed by atoms with E-state index >= 15 is 0 Å². The minimum absolute atomic E-state index is 0.422. The molecule has 0 amide bonds. The Morgan fingerprint density at radius 3 is 3.00 bits per heavy atom. The van der Waals surface area contributed by atoms with Gasteiger partial charge in [0.05, 0.1) is 5.39 Å². The molecule has 0 aliphatic carbocycles. The molecule has 0 saturated heterocycles. The normalized spacial score (nSPS) is 11.3. The van der Waals surface area contributed by atoms with Gasteiger partial charge in [-0.2, -0.15) is 15.1 Å². The Hall–Kier alpha value is -2.24. The lowest BCUT2D eigenvalue weighted by atomic mass is 10.2. The summed E-state index contributed by atoms with van der Waals surface area (Å²) in [7, 11) is 1.81. The number of unbranched alkanes of at least 4 members (excludes halogenated alkanes) is 3. The highest BCUT2D eigenvalue weighted by atomic mass is 15.5. The molecule has 0 saturated carbocycles. The van der Waals surface area contributed by atoms with E-state index in [0.717, 1.165) is 18.2 Å². The Bertz CT molecular complexity index is 595. The maximum atomic E-state index is 5.92. The zero-order valence-corrected chi connectivity index (χ0v) is 12.0. The molecule has 0 aromatic carbocycles. The van der Waals surface area contributed by atoms with Crippen LogP contribution in [0.15, 0.2) is 23.4 Å². The van der Waals surface area contributed by atoms with Gasteiger partial charge in [-0.15, -0.1) is 0 Å². The van der Waals surface area contributed by atoms with Crippen LogP contribution in [0.2, 0.25) is 0 Å². The van der Waals surface area contributed by atoms with Crippen molar-refractivity contribution in [2.75, 3.05) is 17.8 Å². The number of fused-ring (bicyclic) bond motifs is 1. The van der Waals surface area contributed by atoms with Crippen LogP contribution in [0.4, 0.5) is 11.8 Å². The van der Waals surface area contributed by atoms with Gasteiger partial charge in [-0.3, -0.25) is 0 Å². The molecule has 0 fully saturated rings. The third-order valence-electron chi connectivity index (χ3n) is 2.97. The van der Waals surface area contributed by atoms with E-state index in [-0.39, 0.29) is 0 Å². The first-order valence-corrected chi connectivity index (χ1v) is 6.86. The highest BCUT2D eigenvalue weighted by Crippen LogP contribution is 2.18. The van der Waals surface area contributed by atoms with Crippen LogP contribution in [-0.4, -0.2) is 28.2 Å². The second kappa shape index (κ2) is 6.79. The fraction of sp³-hybridized carbons (Fsp3) is 0.429. The minimum atomic E-state index is 0.422.